The van der Waals surface area contributed by atoms with Gasteiger partial charge in [0.25, 0.3) is 0 Å². The third kappa shape index (κ3) is 1.54. The Balaban J connectivity index is 2.05. The molecule has 1 atom stereocenters. The second-order valence-corrected chi connectivity index (χ2v) is 3.91. The molecular weight excluding hydrogens is 186 g/mol. The average Bonchev–Trinajstić information content (AvgIpc) is 2.78. The zero-order valence-electron chi connectivity index (χ0n) is 8.53. The van der Waals surface area contributed by atoms with Crippen molar-refractivity contribution in [3.8, 4) is 0 Å². The maximum atomic E-state index is 4.65. The fraction of sp³-hybridized carbons (Fsp3) is 0.333. The van der Waals surface area contributed by atoms with Gasteiger partial charge in [-0.15, -0.1) is 0 Å². The van der Waals surface area contributed by atoms with E-state index in [2.05, 4.69) is 39.9 Å². The first-order valence-corrected chi connectivity index (χ1v) is 5.38. The van der Waals surface area contributed by atoms with Crippen LogP contribution in [0.3, 0.4) is 0 Å². The molecule has 3 nitrogen and oxygen atoms in total. The van der Waals surface area contributed by atoms with Crippen LogP contribution in [0.5, 0.6) is 0 Å². The Kier molecular flexibility index (Phi) is 2.19. The van der Waals surface area contributed by atoms with E-state index in [0.29, 0.717) is 6.04 Å². The Morgan fingerprint density at radius 2 is 2.27 bits per heavy atom. The zero-order valence-corrected chi connectivity index (χ0v) is 8.53. The van der Waals surface area contributed by atoms with Crippen molar-refractivity contribution in [2.75, 3.05) is 19.6 Å². The molecule has 1 unspecified atom stereocenters. The standard InChI is InChI=1S/C12H14N3/c1-2-9(12-8-13-6-7-15-12)10-4-5-14-11(10)3-1/h1-5,12-14H,6-8H2. The second-order valence-electron chi connectivity index (χ2n) is 3.91. The molecule has 1 fully saturated rings. The predicted molar refractivity (Wildman–Crippen MR) is 60.9 cm³/mol. The molecule has 0 bridgehead atoms. The van der Waals surface area contributed by atoms with Gasteiger partial charge in [0.15, 0.2) is 0 Å². The number of aromatic amines is 1. The van der Waals surface area contributed by atoms with E-state index < -0.39 is 0 Å². The van der Waals surface area contributed by atoms with E-state index in [4.69, 9.17) is 0 Å². The van der Waals surface area contributed by atoms with Crippen molar-refractivity contribution in [1.82, 2.24) is 15.6 Å². The predicted octanol–water partition coefficient (Wildman–Crippen LogP) is 1.42. The molecule has 3 heteroatoms. The maximum absolute atomic E-state index is 4.65. The van der Waals surface area contributed by atoms with Crippen molar-refractivity contribution in [2.45, 2.75) is 6.04 Å². The van der Waals surface area contributed by atoms with E-state index in [1.807, 2.05) is 6.20 Å². The first-order valence-electron chi connectivity index (χ1n) is 5.38. The normalized spacial score (nSPS) is 22.0. The lowest BCUT2D eigenvalue weighted by Crippen LogP contribution is -2.38. The SMILES string of the molecule is c1cc(C2CNCC[N]2)c2cc[nH]c2c1. The minimum atomic E-state index is 0.318. The summed E-state index contributed by atoms with van der Waals surface area (Å²) in [5.41, 5.74) is 2.54. The number of piperazine rings is 1. The van der Waals surface area contributed by atoms with Crippen LogP contribution in [0.4, 0.5) is 0 Å². The van der Waals surface area contributed by atoms with Crippen LogP contribution in [0.1, 0.15) is 11.6 Å². The first-order chi connectivity index (χ1) is 7.45. The molecule has 1 saturated heterocycles. The minimum absolute atomic E-state index is 0.318. The van der Waals surface area contributed by atoms with Crippen LogP contribution in [0, 0.1) is 0 Å². The van der Waals surface area contributed by atoms with E-state index in [0.717, 1.165) is 19.6 Å². The number of H-pyrrole nitrogens is 1. The number of nitrogens with zero attached hydrogens (tertiary/aromatic N) is 1. The molecule has 2 N–H and O–H groups in total. The number of benzene rings is 1. The lowest BCUT2D eigenvalue weighted by molar-refractivity contribution is 0.423. The Labute approximate surface area is 88.9 Å². The van der Waals surface area contributed by atoms with Crippen molar-refractivity contribution >= 4 is 10.9 Å². The van der Waals surface area contributed by atoms with Gasteiger partial charge in [-0.1, -0.05) is 12.1 Å². The highest BCUT2D eigenvalue weighted by molar-refractivity contribution is 5.83. The van der Waals surface area contributed by atoms with Crippen LogP contribution in [-0.4, -0.2) is 24.6 Å². The van der Waals surface area contributed by atoms with Crippen molar-refractivity contribution in [3.05, 3.63) is 36.0 Å². The zero-order chi connectivity index (χ0) is 10.1. The fourth-order valence-corrected chi connectivity index (χ4v) is 2.21. The van der Waals surface area contributed by atoms with Gasteiger partial charge in [-0.2, -0.15) is 0 Å². The van der Waals surface area contributed by atoms with Crippen LogP contribution in [-0.2, 0) is 0 Å². The monoisotopic (exact) mass is 200 g/mol. The molecule has 3 rings (SSSR count). The summed E-state index contributed by atoms with van der Waals surface area (Å²) in [6.07, 6.45) is 1.99. The van der Waals surface area contributed by atoms with Crippen LogP contribution in [0.25, 0.3) is 10.9 Å². The Morgan fingerprint density at radius 3 is 3.13 bits per heavy atom. The summed E-state index contributed by atoms with van der Waals surface area (Å²) >= 11 is 0. The smallest absolute Gasteiger partial charge is 0.0627 e. The van der Waals surface area contributed by atoms with E-state index >= 15 is 0 Å². The summed E-state index contributed by atoms with van der Waals surface area (Å²) in [6, 6.07) is 8.83. The molecule has 2 heterocycles. The molecular formula is C12H14N3. The first kappa shape index (κ1) is 8.95. The number of rotatable bonds is 1. The lowest BCUT2D eigenvalue weighted by Gasteiger charge is -2.23. The van der Waals surface area contributed by atoms with Crippen LogP contribution in [0.15, 0.2) is 30.5 Å². The Bertz CT molecular complexity index is 455. The van der Waals surface area contributed by atoms with E-state index in [1.165, 1.54) is 16.5 Å². The van der Waals surface area contributed by atoms with E-state index in [1.54, 1.807) is 0 Å². The van der Waals surface area contributed by atoms with E-state index in [9.17, 15) is 0 Å². The summed E-state index contributed by atoms with van der Waals surface area (Å²) in [4.78, 5) is 3.24. The molecule has 2 aromatic rings. The maximum Gasteiger partial charge on any atom is 0.0627 e. The van der Waals surface area contributed by atoms with Crippen molar-refractivity contribution < 1.29 is 0 Å². The number of aromatic nitrogens is 1. The molecule has 1 aliphatic rings. The van der Waals surface area contributed by atoms with E-state index in [-0.39, 0.29) is 0 Å². The Morgan fingerprint density at radius 1 is 1.27 bits per heavy atom. The van der Waals surface area contributed by atoms with Gasteiger partial charge in [-0.05, 0) is 17.7 Å². The minimum Gasteiger partial charge on any atom is -0.361 e. The van der Waals surface area contributed by atoms with Gasteiger partial charge < -0.3 is 10.3 Å². The quantitative estimate of drug-likeness (QED) is 0.718. The highest BCUT2D eigenvalue weighted by Gasteiger charge is 2.17. The molecule has 0 aliphatic carbocycles. The highest BCUT2D eigenvalue weighted by Crippen LogP contribution is 2.24. The third-order valence-electron chi connectivity index (χ3n) is 2.96. The third-order valence-corrected chi connectivity index (χ3v) is 2.96. The molecule has 0 saturated carbocycles. The van der Waals surface area contributed by atoms with Gasteiger partial charge in [0.2, 0.25) is 0 Å². The van der Waals surface area contributed by atoms with Crippen molar-refractivity contribution in [1.29, 1.82) is 0 Å². The second kappa shape index (κ2) is 3.68. The Hall–Kier alpha value is -1.32. The van der Waals surface area contributed by atoms with Gasteiger partial charge in [-0.25, -0.2) is 5.32 Å². The lowest BCUT2D eigenvalue weighted by atomic mass is 10.0. The summed E-state index contributed by atoms with van der Waals surface area (Å²) in [5.74, 6) is 0. The highest BCUT2D eigenvalue weighted by atomic mass is 15.1. The largest absolute Gasteiger partial charge is 0.361 e. The average molecular weight is 200 g/mol. The molecule has 0 spiro atoms. The molecule has 1 aliphatic heterocycles. The topological polar surface area (TPSA) is 41.9 Å². The van der Waals surface area contributed by atoms with Gasteiger partial charge >= 0.3 is 0 Å². The molecule has 77 valence electrons. The van der Waals surface area contributed by atoms with Crippen LogP contribution < -0.4 is 10.6 Å². The van der Waals surface area contributed by atoms with Gasteiger partial charge in [0.05, 0.1) is 6.04 Å². The van der Waals surface area contributed by atoms with Crippen molar-refractivity contribution in [2.24, 2.45) is 0 Å². The van der Waals surface area contributed by atoms with Crippen molar-refractivity contribution in [3.63, 3.8) is 0 Å². The number of fused-ring (bicyclic) bond motifs is 1. The van der Waals surface area contributed by atoms with Crippen LogP contribution in [0.2, 0.25) is 0 Å². The van der Waals surface area contributed by atoms with Crippen LogP contribution >= 0.6 is 0 Å². The summed E-state index contributed by atoms with van der Waals surface area (Å²) in [6.45, 7) is 2.90. The summed E-state index contributed by atoms with van der Waals surface area (Å²) in [7, 11) is 0. The molecule has 0 amide bonds. The molecule has 1 aromatic heterocycles. The molecule has 1 radical (unpaired) electrons. The summed E-state index contributed by atoms with van der Waals surface area (Å²) in [5, 5.41) is 9.34. The van der Waals surface area contributed by atoms with Gasteiger partial charge in [-0.3, -0.25) is 0 Å². The molecule has 15 heavy (non-hydrogen) atoms. The van der Waals surface area contributed by atoms with Gasteiger partial charge in [0, 0.05) is 36.7 Å². The molecule has 1 aromatic carbocycles. The summed E-state index contributed by atoms with van der Waals surface area (Å²) < 4.78 is 0. The number of hydrogen-bond acceptors (Lipinski definition) is 1. The number of nitrogens with one attached hydrogen (secondary N) is 2. The fourth-order valence-electron chi connectivity index (χ4n) is 2.21. The number of hydrogen-bond donors (Lipinski definition) is 2. The van der Waals surface area contributed by atoms with Gasteiger partial charge in [0.1, 0.15) is 0 Å².